The van der Waals surface area contributed by atoms with Gasteiger partial charge in [0, 0.05) is 0 Å². The van der Waals surface area contributed by atoms with E-state index < -0.39 is 22.0 Å². The lowest BCUT2D eigenvalue weighted by Gasteiger charge is -2.16. The average Bonchev–Trinajstić information content (AvgIpc) is 2.55. The fraction of sp³-hybridized carbons (Fsp3) is 0.235. The summed E-state index contributed by atoms with van der Waals surface area (Å²) in [5, 5.41) is 2.69. The highest BCUT2D eigenvalue weighted by Crippen LogP contribution is 2.25. The molecule has 0 spiro atoms. The van der Waals surface area contributed by atoms with Crippen LogP contribution in [0.25, 0.3) is 0 Å². The lowest BCUT2D eigenvalue weighted by Crippen LogP contribution is -2.41. The molecular formula is C17H20N2O4S. The van der Waals surface area contributed by atoms with Gasteiger partial charge in [-0.15, -0.1) is 0 Å². The third kappa shape index (κ3) is 4.33. The smallest absolute Gasteiger partial charge is 0.242 e. The molecule has 0 saturated heterocycles. The highest BCUT2D eigenvalue weighted by Gasteiger charge is 2.22. The fourth-order valence-corrected chi connectivity index (χ4v) is 3.34. The minimum atomic E-state index is -3.76. The largest absolute Gasteiger partial charge is 0.495 e. The Morgan fingerprint density at radius 1 is 1.12 bits per heavy atom. The monoisotopic (exact) mass is 348 g/mol. The predicted octanol–water partition coefficient (Wildman–Crippen LogP) is 2.31. The molecule has 1 amide bonds. The Morgan fingerprint density at radius 2 is 1.79 bits per heavy atom. The van der Waals surface area contributed by atoms with Crippen LogP contribution in [-0.4, -0.2) is 27.5 Å². The maximum atomic E-state index is 12.3. The summed E-state index contributed by atoms with van der Waals surface area (Å²) in [5.74, 6) is 0.0328. The number of hydrogen-bond donors (Lipinski definition) is 2. The first-order valence-corrected chi connectivity index (χ1v) is 8.84. The highest BCUT2D eigenvalue weighted by molar-refractivity contribution is 7.89. The summed E-state index contributed by atoms with van der Waals surface area (Å²) in [5.41, 5.74) is 1.44. The van der Waals surface area contributed by atoms with E-state index in [0.29, 0.717) is 11.4 Å². The number of nitrogens with one attached hydrogen (secondary N) is 2. The van der Waals surface area contributed by atoms with Gasteiger partial charge in [0.25, 0.3) is 0 Å². The van der Waals surface area contributed by atoms with Gasteiger partial charge in [-0.25, -0.2) is 8.42 Å². The molecule has 0 heterocycles. The van der Waals surface area contributed by atoms with Crippen molar-refractivity contribution >= 4 is 21.6 Å². The lowest BCUT2D eigenvalue weighted by atomic mass is 10.2. The normalized spacial score (nSPS) is 12.5. The van der Waals surface area contributed by atoms with E-state index in [9.17, 15) is 13.2 Å². The summed E-state index contributed by atoms with van der Waals surface area (Å²) >= 11 is 0. The number of carbonyl (C=O) groups is 1. The van der Waals surface area contributed by atoms with Crippen LogP contribution in [0.3, 0.4) is 0 Å². The van der Waals surface area contributed by atoms with E-state index in [1.807, 2.05) is 13.0 Å². The zero-order valence-electron chi connectivity index (χ0n) is 13.7. The number of sulfonamides is 1. The highest BCUT2D eigenvalue weighted by atomic mass is 32.2. The molecule has 0 aromatic heterocycles. The molecule has 0 radical (unpaired) electrons. The van der Waals surface area contributed by atoms with Gasteiger partial charge in [0.1, 0.15) is 5.75 Å². The van der Waals surface area contributed by atoms with Crippen LogP contribution in [0.1, 0.15) is 12.5 Å². The van der Waals surface area contributed by atoms with Gasteiger partial charge in [-0.3, -0.25) is 4.79 Å². The van der Waals surface area contributed by atoms with E-state index in [1.165, 1.54) is 26.2 Å². The number of methoxy groups -OCH3 is 1. The second-order valence-electron chi connectivity index (χ2n) is 5.35. The molecule has 2 rings (SSSR count). The Labute approximate surface area is 141 Å². The number of anilines is 1. The summed E-state index contributed by atoms with van der Waals surface area (Å²) in [6.07, 6.45) is 0. The molecule has 0 fully saturated rings. The van der Waals surface area contributed by atoms with Crippen molar-refractivity contribution in [3.63, 3.8) is 0 Å². The van der Waals surface area contributed by atoms with Crippen molar-refractivity contribution in [2.45, 2.75) is 24.8 Å². The van der Waals surface area contributed by atoms with Crippen molar-refractivity contribution in [2.75, 3.05) is 12.4 Å². The second kappa shape index (κ2) is 7.46. The van der Waals surface area contributed by atoms with Gasteiger partial charge in [-0.1, -0.05) is 24.3 Å². The zero-order valence-corrected chi connectivity index (χ0v) is 14.6. The van der Waals surface area contributed by atoms with Crippen LogP contribution in [0.15, 0.2) is 53.4 Å². The molecule has 128 valence electrons. The maximum absolute atomic E-state index is 12.3. The number of aryl methyl sites for hydroxylation is 1. The van der Waals surface area contributed by atoms with Crippen molar-refractivity contribution in [2.24, 2.45) is 0 Å². The summed E-state index contributed by atoms with van der Waals surface area (Å²) in [7, 11) is -2.26. The van der Waals surface area contributed by atoms with E-state index in [1.54, 1.807) is 30.3 Å². The minimum Gasteiger partial charge on any atom is -0.495 e. The molecule has 24 heavy (non-hydrogen) atoms. The molecule has 2 N–H and O–H groups in total. The molecule has 0 bridgehead atoms. The van der Waals surface area contributed by atoms with Crippen molar-refractivity contribution in [3.8, 4) is 5.75 Å². The van der Waals surface area contributed by atoms with Crippen LogP contribution in [0.4, 0.5) is 5.69 Å². The third-order valence-corrected chi connectivity index (χ3v) is 4.95. The summed E-state index contributed by atoms with van der Waals surface area (Å²) in [6, 6.07) is 12.3. The number of benzene rings is 2. The lowest BCUT2D eigenvalue weighted by molar-refractivity contribution is -0.117. The summed E-state index contributed by atoms with van der Waals surface area (Å²) < 4.78 is 32.1. The maximum Gasteiger partial charge on any atom is 0.242 e. The molecule has 0 aliphatic carbocycles. The fourth-order valence-electron chi connectivity index (χ4n) is 2.11. The Hall–Kier alpha value is -2.38. The standard InChI is InChI=1S/C17H20N2O4S/c1-12-9-10-16(23-3)15(11-12)18-17(20)13(2)19-24(21,22)14-7-5-4-6-8-14/h4-11,13,19H,1-3H3,(H,18,20). The van der Waals surface area contributed by atoms with E-state index >= 15 is 0 Å². The number of hydrogen-bond acceptors (Lipinski definition) is 4. The molecule has 6 nitrogen and oxygen atoms in total. The van der Waals surface area contributed by atoms with Crippen molar-refractivity contribution < 1.29 is 17.9 Å². The van der Waals surface area contributed by atoms with Crippen LogP contribution in [-0.2, 0) is 14.8 Å². The third-order valence-electron chi connectivity index (χ3n) is 3.39. The Balaban J connectivity index is 2.12. The van der Waals surface area contributed by atoms with E-state index in [-0.39, 0.29) is 4.90 Å². The van der Waals surface area contributed by atoms with Crippen molar-refractivity contribution in [1.29, 1.82) is 0 Å². The Kier molecular flexibility index (Phi) is 5.58. The molecule has 0 aliphatic heterocycles. The van der Waals surface area contributed by atoms with Crippen LogP contribution in [0.2, 0.25) is 0 Å². The van der Waals surface area contributed by atoms with E-state index in [0.717, 1.165) is 5.56 Å². The molecule has 0 saturated carbocycles. The SMILES string of the molecule is COc1ccc(C)cc1NC(=O)C(C)NS(=O)(=O)c1ccccc1. The van der Waals surface area contributed by atoms with Gasteiger partial charge in [0.15, 0.2) is 0 Å². The van der Waals surface area contributed by atoms with Gasteiger partial charge in [-0.2, -0.15) is 4.72 Å². The predicted molar refractivity (Wildman–Crippen MR) is 92.6 cm³/mol. The molecule has 0 aliphatic rings. The van der Waals surface area contributed by atoms with E-state index in [2.05, 4.69) is 10.0 Å². The molecule has 7 heteroatoms. The number of ether oxygens (including phenoxy) is 1. The van der Waals surface area contributed by atoms with Gasteiger partial charge in [0.2, 0.25) is 15.9 Å². The molecule has 2 aromatic rings. The Bertz CT molecular complexity index is 820. The van der Waals surface area contributed by atoms with Gasteiger partial charge in [-0.05, 0) is 43.7 Å². The van der Waals surface area contributed by atoms with Gasteiger partial charge < -0.3 is 10.1 Å². The van der Waals surface area contributed by atoms with Gasteiger partial charge in [0.05, 0.1) is 23.7 Å². The van der Waals surface area contributed by atoms with E-state index in [4.69, 9.17) is 4.74 Å². The average molecular weight is 348 g/mol. The number of rotatable bonds is 6. The van der Waals surface area contributed by atoms with Crippen molar-refractivity contribution in [3.05, 3.63) is 54.1 Å². The molecular weight excluding hydrogens is 328 g/mol. The first-order valence-electron chi connectivity index (χ1n) is 7.36. The van der Waals surface area contributed by atoms with Crippen molar-refractivity contribution in [1.82, 2.24) is 4.72 Å². The van der Waals surface area contributed by atoms with Crippen LogP contribution < -0.4 is 14.8 Å². The Morgan fingerprint density at radius 3 is 2.42 bits per heavy atom. The second-order valence-corrected chi connectivity index (χ2v) is 7.06. The molecule has 1 atom stereocenters. The summed E-state index contributed by atoms with van der Waals surface area (Å²) in [4.78, 5) is 12.4. The number of carbonyl (C=O) groups excluding carboxylic acids is 1. The first-order chi connectivity index (χ1) is 11.3. The molecule has 2 aromatic carbocycles. The van der Waals surface area contributed by atoms with Crippen LogP contribution in [0, 0.1) is 6.92 Å². The van der Waals surface area contributed by atoms with Crippen LogP contribution in [0.5, 0.6) is 5.75 Å². The quantitative estimate of drug-likeness (QED) is 0.839. The van der Waals surface area contributed by atoms with Crippen LogP contribution >= 0.6 is 0 Å². The van der Waals surface area contributed by atoms with Gasteiger partial charge >= 0.3 is 0 Å². The first kappa shape index (κ1) is 18.0. The number of amides is 1. The zero-order chi connectivity index (χ0) is 17.7. The summed E-state index contributed by atoms with van der Waals surface area (Å²) in [6.45, 7) is 3.37. The minimum absolute atomic E-state index is 0.109. The molecule has 1 unspecified atom stereocenters. The topological polar surface area (TPSA) is 84.5 Å².